The molecule has 5 aromatic rings. The zero-order chi connectivity index (χ0) is 23.8. The van der Waals surface area contributed by atoms with Crippen LogP contribution in [0.5, 0.6) is 0 Å². The molecule has 0 unspecified atom stereocenters. The molecule has 3 aromatic carbocycles. The quantitative estimate of drug-likeness (QED) is 0.331. The fourth-order valence-corrected chi connectivity index (χ4v) is 4.37. The summed E-state index contributed by atoms with van der Waals surface area (Å²) in [5, 5.41) is 18.4. The van der Waals surface area contributed by atoms with Crippen LogP contribution >= 0.6 is 11.6 Å². The highest BCUT2D eigenvalue weighted by atomic mass is 35.5. The number of carbonyl (C=O) groups excluding carboxylic acids is 1. The van der Waals surface area contributed by atoms with E-state index in [4.69, 9.17) is 21.2 Å². The molecule has 2 aromatic heterocycles. The van der Waals surface area contributed by atoms with Crippen molar-refractivity contribution in [3.63, 3.8) is 0 Å². The third kappa shape index (κ3) is 4.02. The average Bonchev–Trinajstić information content (AvgIpc) is 3.45. The highest BCUT2D eigenvalue weighted by Crippen LogP contribution is 2.31. The number of nitrogens with zero attached hydrogens (tertiary/aromatic N) is 2. The SMILES string of the molecule is C[C@H](NC(=O)c1cc2oncc2c2ccn(Cc3cccc(Cl)c3)c12)c1ccc(C(=O)O)cc1. The molecule has 170 valence electrons. The molecule has 0 saturated heterocycles. The first-order valence-corrected chi connectivity index (χ1v) is 11.0. The summed E-state index contributed by atoms with van der Waals surface area (Å²) >= 11 is 6.16. The van der Waals surface area contributed by atoms with Crippen LogP contribution in [0, 0.1) is 0 Å². The van der Waals surface area contributed by atoms with Crippen molar-refractivity contribution >= 4 is 45.3 Å². The molecule has 1 atom stereocenters. The van der Waals surface area contributed by atoms with Gasteiger partial charge >= 0.3 is 5.97 Å². The van der Waals surface area contributed by atoms with Crippen molar-refractivity contribution in [2.24, 2.45) is 0 Å². The first-order valence-electron chi connectivity index (χ1n) is 10.7. The minimum Gasteiger partial charge on any atom is -0.478 e. The Labute approximate surface area is 199 Å². The second-order valence-corrected chi connectivity index (χ2v) is 8.56. The summed E-state index contributed by atoms with van der Waals surface area (Å²) in [6.45, 7) is 2.39. The molecule has 0 spiro atoms. The van der Waals surface area contributed by atoms with Gasteiger partial charge in [0.1, 0.15) is 0 Å². The number of fused-ring (bicyclic) bond motifs is 3. The Bertz CT molecular complexity index is 1540. The van der Waals surface area contributed by atoms with Gasteiger partial charge < -0.3 is 19.5 Å². The predicted molar refractivity (Wildman–Crippen MR) is 129 cm³/mol. The Kier molecular flexibility index (Phi) is 5.55. The fraction of sp³-hybridized carbons (Fsp3) is 0.115. The second kappa shape index (κ2) is 8.68. The summed E-state index contributed by atoms with van der Waals surface area (Å²) in [5.74, 6) is -1.27. The molecular weight excluding hydrogens is 454 g/mol. The van der Waals surface area contributed by atoms with Gasteiger partial charge in [0.25, 0.3) is 5.91 Å². The maximum atomic E-state index is 13.4. The van der Waals surface area contributed by atoms with Crippen LogP contribution in [0.3, 0.4) is 0 Å². The van der Waals surface area contributed by atoms with E-state index < -0.39 is 5.97 Å². The Morgan fingerprint density at radius 3 is 2.65 bits per heavy atom. The van der Waals surface area contributed by atoms with Crippen molar-refractivity contribution in [3.05, 3.63) is 100 Å². The number of rotatable bonds is 6. The molecule has 34 heavy (non-hydrogen) atoms. The number of aromatic nitrogens is 2. The van der Waals surface area contributed by atoms with Crippen LogP contribution in [0.2, 0.25) is 5.02 Å². The molecule has 0 radical (unpaired) electrons. The largest absolute Gasteiger partial charge is 0.478 e. The maximum absolute atomic E-state index is 13.4. The average molecular weight is 474 g/mol. The Morgan fingerprint density at radius 2 is 1.91 bits per heavy atom. The van der Waals surface area contributed by atoms with Crippen LogP contribution < -0.4 is 5.32 Å². The number of carbonyl (C=O) groups is 2. The van der Waals surface area contributed by atoms with E-state index in [-0.39, 0.29) is 17.5 Å². The zero-order valence-corrected chi connectivity index (χ0v) is 18.9. The number of hydrogen-bond donors (Lipinski definition) is 2. The number of amides is 1. The number of hydrogen-bond acceptors (Lipinski definition) is 4. The molecule has 2 N–H and O–H groups in total. The smallest absolute Gasteiger partial charge is 0.335 e. The van der Waals surface area contributed by atoms with Crippen molar-refractivity contribution in [2.45, 2.75) is 19.5 Å². The van der Waals surface area contributed by atoms with Gasteiger partial charge in [-0.3, -0.25) is 4.79 Å². The fourth-order valence-electron chi connectivity index (χ4n) is 4.15. The van der Waals surface area contributed by atoms with Crippen molar-refractivity contribution in [3.8, 4) is 0 Å². The van der Waals surface area contributed by atoms with Crippen molar-refractivity contribution in [1.29, 1.82) is 0 Å². The first-order chi connectivity index (χ1) is 16.4. The van der Waals surface area contributed by atoms with Crippen LogP contribution in [-0.2, 0) is 6.54 Å². The molecule has 0 aliphatic rings. The normalized spacial score (nSPS) is 12.2. The van der Waals surface area contributed by atoms with Gasteiger partial charge in [-0.25, -0.2) is 4.79 Å². The molecule has 0 aliphatic heterocycles. The number of benzene rings is 3. The lowest BCUT2D eigenvalue weighted by atomic mass is 10.0. The number of halogens is 1. The molecule has 0 bridgehead atoms. The molecule has 8 heteroatoms. The molecule has 1 amide bonds. The van der Waals surface area contributed by atoms with Crippen LogP contribution in [0.1, 0.15) is 44.8 Å². The molecule has 0 fully saturated rings. The summed E-state index contributed by atoms with van der Waals surface area (Å²) < 4.78 is 7.38. The van der Waals surface area contributed by atoms with Gasteiger partial charge in [0.05, 0.1) is 34.3 Å². The monoisotopic (exact) mass is 473 g/mol. The van der Waals surface area contributed by atoms with E-state index >= 15 is 0 Å². The third-order valence-electron chi connectivity index (χ3n) is 5.87. The summed E-state index contributed by atoms with van der Waals surface area (Å²) in [5.41, 5.74) is 3.75. The second-order valence-electron chi connectivity index (χ2n) is 8.12. The van der Waals surface area contributed by atoms with E-state index in [0.717, 1.165) is 27.4 Å². The van der Waals surface area contributed by atoms with Crippen molar-refractivity contribution in [1.82, 2.24) is 15.0 Å². The van der Waals surface area contributed by atoms with E-state index in [2.05, 4.69) is 10.5 Å². The number of carboxylic acid groups (broad SMARTS) is 1. The molecule has 0 aliphatic carbocycles. The van der Waals surface area contributed by atoms with E-state index in [9.17, 15) is 9.59 Å². The van der Waals surface area contributed by atoms with Gasteiger partial charge in [0.2, 0.25) is 0 Å². The topological polar surface area (TPSA) is 97.4 Å². The number of aromatic carboxylic acids is 1. The Balaban J connectivity index is 1.52. The zero-order valence-electron chi connectivity index (χ0n) is 18.2. The van der Waals surface area contributed by atoms with Gasteiger partial charge in [0, 0.05) is 23.2 Å². The van der Waals surface area contributed by atoms with Crippen molar-refractivity contribution in [2.75, 3.05) is 0 Å². The Hall–Kier alpha value is -4.10. The van der Waals surface area contributed by atoms with E-state index in [0.29, 0.717) is 22.7 Å². The lowest BCUT2D eigenvalue weighted by Gasteiger charge is -2.16. The summed E-state index contributed by atoms with van der Waals surface area (Å²) in [6.07, 6.45) is 3.58. The van der Waals surface area contributed by atoms with Crippen molar-refractivity contribution < 1.29 is 19.2 Å². The lowest BCUT2D eigenvalue weighted by molar-refractivity contribution is 0.0696. The number of nitrogens with one attached hydrogen (secondary N) is 1. The number of carboxylic acids is 1. The van der Waals surface area contributed by atoms with Gasteiger partial charge in [-0.15, -0.1) is 0 Å². The molecule has 2 heterocycles. The molecule has 7 nitrogen and oxygen atoms in total. The lowest BCUT2D eigenvalue weighted by Crippen LogP contribution is -2.27. The standard InChI is InChI=1S/C26H20ClN3O4/c1-15(17-5-7-18(8-6-17)26(32)33)29-25(31)21-12-23-22(13-28-34-23)20-9-10-30(24(20)21)14-16-3-2-4-19(27)11-16/h2-13,15H,14H2,1H3,(H,29,31)(H,32,33)/t15-/m0/s1. The highest BCUT2D eigenvalue weighted by molar-refractivity contribution is 6.30. The van der Waals surface area contributed by atoms with Crippen LogP contribution in [0.25, 0.3) is 21.9 Å². The third-order valence-corrected chi connectivity index (χ3v) is 6.11. The predicted octanol–water partition coefficient (Wildman–Crippen LogP) is 5.67. The summed E-state index contributed by atoms with van der Waals surface area (Å²) in [4.78, 5) is 24.6. The minimum absolute atomic E-state index is 0.193. The van der Waals surface area contributed by atoms with Gasteiger partial charge in [-0.05, 0) is 54.4 Å². The summed E-state index contributed by atoms with van der Waals surface area (Å²) in [7, 11) is 0. The van der Waals surface area contributed by atoms with Crippen LogP contribution in [0.15, 0.2) is 77.6 Å². The van der Waals surface area contributed by atoms with Crippen LogP contribution in [-0.4, -0.2) is 26.7 Å². The Morgan fingerprint density at radius 1 is 1.12 bits per heavy atom. The van der Waals surface area contributed by atoms with Gasteiger partial charge in [-0.1, -0.05) is 41.0 Å². The van der Waals surface area contributed by atoms with Crippen LogP contribution in [0.4, 0.5) is 0 Å². The van der Waals surface area contributed by atoms with E-state index in [1.165, 1.54) is 12.1 Å². The minimum atomic E-state index is -0.994. The van der Waals surface area contributed by atoms with Gasteiger partial charge in [-0.2, -0.15) is 0 Å². The van der Waals surface area contributed by atoms with E-state index in [1.54, 1.807) is 24.4 Å². The molecular formula is C26H20ClN3O4. The molecule has 0 saturated carbocycles. The highest BCUT2D eigenvalue weighted by Gasteiger charge is 2.20. The van der Waals surface area contributed by atoms with E-state index in [1.807, 2.05) is 48.0 Å². The first kappa shape index (κ1) is 21.7. The summed E-state index contributed by atoms with van der Waals surface area (Å²) in [6, 6.07) is 17.4. The maximum Gasteiger partial charge on any atom is 0.335 e. The van der Waals surface area contributed by atoms with Gasteiger partial charge in [0.15, 0.2) is 5.58 Å². The molecule has 5 rings (SSSR count).